The summed E-state index contributed by atoms with van der Waals surface area (Å²) in [7, 11) is 0. The van der Waals surface area contributed by atoms with Gasteiger partial charge in [-0.2, -0.15) is 0 Å². The van der Waals surface area contributed by atoms with E-state index in [4.69, 9.17) is 5.73 Å². The first-order valence-electron chi connectivity index (χ1n) is 7.61. The Balaban J connectivity index is 0.00000288. The number of carbonyl (C=O) groups excluding carboxylic acids is 1. The topological polar surface area (TPSA) is 55.1 Å². The van der Waals surface area contributed by atoms with Crippen molar-refractivity contribution in [3.05, 3.63) is 66.0 Å². The van der Waals surface area contributed by atoms with E-state index in [-0.39, 0.29) is 36.6 Å². The van der Waals surface area contributed by atoms with Crippen LogP contribution in [-0.2, 0) is 4.79 Å². The molecule has 0 saturated carbocycles. The number of thioether (sulfide) groups is 1. The molecule has 1 amide bonds. The first kappa shape index (κ1) is 20.5. The minimum absolute atomic E-state index is 0. The van der Waals surface area contributed by atoms with Crippen LogP contribution < -0.4 is 11.1 Å². The molecule has 0 aliphatic carbocycles. The molecule has 2 aromatic carbocycles. The van der Waals surface area contributed by atoms with Crippen LogP contribution in [0.5, 0.6) is 0 Å². The molecule has 0 bridgehead atoms. The van der Waals surface area contributed by atoms with Gasteiger partial charge in [-0.1, -0.05) is 30.3 Å². The molecule has 0 radical (unpaired) electrons. The fraction of sp³-hybridized carbons (Fsp3) is 0.278. The third kappa shape index (κ3) is 7.34. The molecule has 3 nitrogen and oxygen atoms in total. The van der Waals surface area contributed by atoms with Crippen molar-refractivity contribution in [1.82, 2.24) is 5.32 Å². The highest BCUT2D eigenvalue weighted by atomic mass is 35.5. The normalized spacial score (nSPS) is 11.4. The van der Waals surface area contributed by atoms with Crippen molar-refractivity contribution in [2.45, 2.75) is 23.8 Å². The van der Waals surface area contributed by atoms with E-state index in [9.17, 15) is 9.18 Å². The fourth-order valence-electron chi connectivity index (χ4n) is 2.11. The second-order valence-corrected chi connectivity index (χ2v) is 6.40. The largest absolute Gasteiger partial charge is 0.356 e. The van der Waals surface area contributed by atoms with Gasteiger partial charge in [0.25, 0.3) is 0 Å². The molecule has 0 aliphatic rings. The van der Waals surface area contributed by atoms with Crippen molar-refractivity contribution < 1.29 is 9.18 Å². The number of hydrogen-bond acceptors (Lipinski definition) is 3. The van der Waals surface area contributed by atoms with E-state index in [0.29, 0.717) is 6.54 Å². The molecule has 6 heteroatoms. The third-order valence-electron chi connectivity index (χ3n) is 3.36. The van der Waals surface area contributed by atoms with Gasteiger partial charge in [0.15, 0.2) is 0 Å². The number of rotatable bonds is 8. The summed E-state index contributed by atoms with van der Waals surface area (Å²) in [4.78, 5) is 12.9. The Kier molecular flexibility index (Phi) is 9.45. The van der Waals surface area contributed by atoms with E-state index in [0.717, 1.165) is 22.6 Å². The lowest BCUT2D eigenvalue weighted by Crippen LogP contribution is -2.28. The van der Waals surface area contributed by atoms with E-state index >= 15 is 0 Å². The van der Waals surface area contributed by atoms with Gasteiger partial charge in [-0.25, -0.2) is 4.39 Å². The number of benzene rings is 2. The van der Waals surface area contributed by atoms with Crippen LogP contribution in [0.3, 0.4) is 0 Å². The van der Waals surface area contributed by atoms with Crippen molar-refractivity contribution in [2.24, 2.45) is 5.73 Å². The van der Waals surface area contributed by atoms with E-state index in [1.165, 1.54) is 12.1 Å². The quantitative estimate of drug-likeness (QED) is 0.548. The van der Waals surface area contributed by atoms with E-state index in [1.54, 1.807) is 23.9 Å². The highest BCUT2D eigenvalue weighted by molar-refractivity contribution is 7.99. The van der Waals surface area contributed by atoms with Crippen molar-refractivity contribution in [1.29, 1.82) is 0 Å². The average Bonchev–Trinajstić information content (AvgIpc) is 2.57. The number of carbonyl (C=O) groups is 1. The molecule has 2 aromatic rings. The lowest BCUT2D eigenvalue weighted by atomic mass is 10.0. The number of amides is 1. The summed E-state index contributed by atoms with van der Waals surface area (Å²) in [5, 5.41) is 2.89. The molecule has 1 unspecified atom stereocenters. The van der Waals surface area contributed by atoms with Crippen LogP contribution >= 0.6 is 24.2 Å². The molecular weight excluding hydrogens is 347 g/mol. The minimum Gasteiger partial charge on any atom is -0.356 e. The first-order valence-corrected chi connectivity index (χ1v) is 8.59. The molecular formula is C18H22ClFN2OS. The summed E-state index contributed by atoms with van der Waals surface area (Å²) in [5.41, 5.74) is 6.99. The van der Waals surface area contributed by atoms with Gasteiger partial charge in [0.1, 0.15) is 5.82 Å². The molecule has 0 heterocycles. The molecule has 130 valence electrons. The lowest BCUT2D eigenvalue weighted by Gasteiger charge is -2.12. The van der Waals surface area contributed by atoms with Crippen molar-refractivity contribution in [3.8, 4) is 0 Å². The van der Waals surface area contributed by atoms with Crippen LogP contribution in [0.2, 0.25) is 0 Å². The number of halogens is 2. The zero-order valence-corrected chi connectivity index (χ0v) is 14.9. The first-order chi connectivity index (χ1) is 11.1. The highest BCUT2D eigenvalue weighted by Crippen LogP contribution is 2.18. The standard InChI is InChI=1S/C18H21FN2OS.ClH/c19-15-7-9-16(10-8-15)23-12-4-11-21-18(22)13-17(20)14-5-2-1-3-6-14;/h1-3,5-10,17H,4,11-13,20H2,(H,21,22);1H. The second-order valence-electron chi connectivity index (χ2n) is 5.23. The average molecular weight is 369 g/mol. The highest BCUT2D eigenvalue weighted by Gasteiger charge is 2.10. The van der Waals surface area contributed by atoms with Gasteiger partial charge in [-0.05, 0) is 42.0 Å². The van der Waals surface area contributed by atoms with Crippen LogP contribution in [-0.4, -0.2) is 18.2 Å². The van der Waals surface area contributed by atoms with Crippen LogP contribution in [0.25, 0.3) is 0 Å². The summed E-state index contributed by atoms with van der Waals surface area (Å²) >= 11 is 1.65. The summed E-state index contributed by atoms with van der Waals surface area (Å²) < 4.78 is 12.8. The molecule has 0 fully saturated rings. The summed E-state index contributed by atoms with van der Waals surface area (Å²) in [6.07, 6.45) is 1.14. The van der Waals surface area contributed by atoms with Crippen LogP contribution in [0.1, 0.15) is 24.4 Å². The fourth-order valence-corrected chi connectivity index (χ4v) is 2.96. The Labute approximate surface area is 152 Å². The summed E-state index contributed by atoms with van der Waals surface area (Å²) in [5.74, 6) is 0.612. The van der Waals surface area contributed by atoms with E-state index < -0.39 is 0 Å². The molecule has 0 aromatic heterocycles. The Morgan fingerprint density at radius 2 is 1.79 bits per heavy atom. The minimum atomic E-state index is -0.273. The second kappa shape index (κ2) is 11.1. The van der Waals surface area contributed by atoms with Gasteiger partial charge in [0.2, 0.25) is 5.91 Å². The molecule has 2 rings (SSSR count). The Bertz CT molecular complexity index is 610. The van der Waals surface area contributed by atoms with E-state index in [1.807, 2.05) is 30.3 Å². The van der Waals surface area contributed by atoms with Gasteiger partial charge in [-0.15, -0.1) is 24.2 Å². The zero-order chi connectivity index (χ0) is 16.5. The number of nitrogens with one attached hydrogen (secondary N) is 1. The maximum absolute atomic E-state index is 12.8. The molecule has 0 spiro atoms. The van der Waals surface area contributed by atoms with Crippen LogP contribution in [0.15, 0.2) is 59.5 Å². The molecule has 3 N–H and O–H groups in total. The number of hydrogen-bond donors (Lipinski definition) is 2. The predicted octanol–water partition coefficient (Wildman–Crippen LogP) is 3.94. The molecule has 24 heavy (non-hydrogen) atoms. The smallest absolute Gasteiger partial charge is 0.221 e. The van der Waals surface area contributed by atoms with Gasteiger partial charge >= 0.3 is 0 Å². The number of nitrogens with two attached hydrogens (primary N) is 1. The van der Waals surface area contributed by atoms with Crippen molar-refractivity contribution in [3.63, 3.8) is 0 Å². The van der Waals surface area contributed by atoms with Gasteiger partial charge in [-0.3, -0.25) is 4.79 Å². The Morgan fingerprint density at radius 3 is 2.46 bits per heavy atom. The monoisotopic (exact) mass is 368 g/mol. The predicted molar refractivity (Wildman–Crippen MR) is 100.0 cm³/mol. The molecule has 1 atom stereocenters. The van der Waals surface area contributed by atoms with Crippen LogP contribution in [0, 0.1) is 5.82 Å². The molecule has 0 aliphatic heterocycles. The summed E-state index contributed by atoms with van der Waals surface area (Å²) in [6, 6.07) is 15.8. The maximum atomic E-state index is 12.8. The zero-order valence-electron chi connectivity index (χ0n) is 13.3. The van der Waals surface area contributed by atoms with Crippen molar-refractivity contribution in [2.75, 3.05) is 12.3 Å². The SMILES string of the molecule is Cl.NC(CC(=O)NCCCSc1ccc(F)cc1)c1ccccc1. The van der Waals surface area contributed by atoms with Crippen molar-refractivity contribution >= 4 is 30.1 Å². The van der Waals surface area contributed by atoms with Crippen LogP contribution in [0.4, 0.5) is 4.39 Å². The third-order valence-corrected chi connectivity index (χ3v) is 4.46. The maximum Gasteiger partial charge on any atom is 0.221 e. The van der Waals surface area contributed by atoms with E-state index in [2.05, 4.69) is 5.32 Å². The van der Waals surface area contributed by atoms with Gasteiger partial charge < -0.3 is 11.1 Å². The van der Waals surface area contributed by atoms with Gasteiger partial charge in [0, 0.05) is 23.9 Å². The lowest BCUT2D eigenvalue weighted by molar-refractivity contribution is -0.121. The van der Waals surface area contributed by atoms with Gasteiger partial charge in [0.05, 0.1) is 0 Å². The summed E-state index contributed by atoms with van der Waals surface area (Å²) in [6.45, 7) is 0.620. The molecule has 0 saturated heterocycles. The Morgan fingerprint density at radius 1 is 1.12 bits per heavy atom. The Hall–Kier alpha value is -1.56.